The molecule has 0 radical (unpaired) electrons. The molecule has 0 saturated carbocycles. The lowest BCUT2D eigenvalue weighted by molar-refractivity contribution is -0.0550. The molecule has 0 aromatic heterocycles. The topological polar surface area (TPSA) is 55.4 Å². The Hall–Kier alpha value is -1.07. The summed E-state index contributed by atoms with van der Waals surface area (Å²) >= 11 is 0. The minimum absolute atomic E-state index is 0.0854. The molecule has 0 aliphatic carbocycles. The third kappa shape index (κ3) is 4.71. The standard InChI is InChI=1S/C16H25NO3S/c1-13-14(11-21(3,18)19)7-6-8-15(13)17-12-16(2)9-4-5-10-20-16/h6-8,17H,4-5,9-12H2,1-3H3. The monoisotopic (exact) mass is 311 g/mol. The summed E-state index contributed by atoms with van der Waals surface area (Å²) in [5, 5.41) is 3.43. The third-order valence-corrected chi connectivity index (χ3v) is 4.90. The van der Waals surface area contributed by atoms with Gasteiger partial charge in [0.1, 0.15) is 0 Å². The summed E-state index contributed by atoms with van der Waals surface area (Å²) in [6.45, 7) is 5.67. The second-order valence-electron chi connectivity index (χ2n) is 6.27. The molecule has 1 fully saturated rings. The van der Waals surface area contributed by atoms with E-state index >= 15 is 0 Å². The highest BCUT2D eigenvalue weighted by Gasteiger charge is 2.27. The maximum Gasteiger partial charge on any atom is 0.151 e. The molecule has 1 saturated heterocycles. The van der Waals surface area contributed by atoms with Crippen LogP contribution in [0.2, 0.25) is 0 Å². The first-order valence-corrected chi connectivity index (χ1v) is 9.49. The van der Waals surface area contributed by atoms with Crippen molar-refractivity contribution in [1.82, 2.24) is 0 Å². The van der Waals surface area contributed by atoms with Gasteiger partial charge >= 0.3 is 0 Å². The summed E-state index contributed by atoms with van der Waals surface area (Å²) in [4.78, 5) is 0. The average Bonchev–Trinajstić information content (AvgIpc) is 2.39. The van der Waals surface area contributed by atoms with Crippen molar-refractivity contribution in [2.24, 2.45) is 0 Å². The average molecular weight is 311 g/mol. The largest absolute Gasteiger partial charge is 0.382 e. The van der Waals surface area contributed by atoms with Crippen LogP contribution < -0.4 is 5.32 Å². The number of ether oxygens (including phenoxy) is 1. The second kappa shape index (κ2) is 6.36. The number of rotatable bonds is 5. The molecule has 21 heavy (non-hydrogen) atoms. The zero-order chi connectivity index (χ0) is 15.5. The highest BCUT2D eigenvalue weighted by atomic mass is 32.2. The summed E-state index contributed by atoms with van der Waals surface area (Å²) in [7, 11) is -3.02. The van der Waals surface area contributed by atoms with Crippen LogP contribution in [-0.4, -0.2) is 33.4 Å². The van der Waals surface area contributed by atoms with Crippen molar-refractivity contribution in [1.29, 1.82) is 0 Å². The molecule has 5 heteroatoms. The van der Waals surface area contributed by atoms with E-state index in [-0.39, 0.29) is 11.4 Å². The summed E-state index contributed by atoms with van der Waals surface area (Å²) in [5.74, 6) is 0.0854. The lowest BCUT2D eigenvalue weighted by atomic mass is 9.95. The normalized spacial score (nSPS) is 23.0. The van der Waals surface area contributed by atoms with Crippen molar-refractivity contribution in [2.75, 3.05) is 24.7 Å². The fourth-order valence-corrected chi connectivity index (χ4v) is 3.60. The van der Waals surface area contributed by atoms with Crippen LogP contribution in [0.25, 0.3) is 0 Å². The number of hydrogen-bond acceptors (Lipinski definition) is 4. The zero-order valence-electron chi connectivity index (χ0n) is 13.1. The first-order chi connectivity index (χ1) is 9.79. The molecule has 0 bridgehead atoms. The first-order valence-electron chi connectivity index (χ1n) is 7.43. The van der Waals surface area contributed by atoms with Gasteiger partial charge in [0, 0.05) is 25.1 Å². The molecule has 1 aromatic rings. The van der Waals surface area contributed by atoms with E-state index in [9.17, 15) is 8.42 Å². The van der Waals surface area contributed by atoms with E-state index in [2.05, 4.69) is 12.2 Å². The molecular formula is C16H25NO3S. The second-order valence-corrected chi connectivity index (χ2v) is 8.41. The Morgan fingerprint density at radius 1 is 1.33 bits per heavy atom. The number of sulfone groups is 1. The molecule has 1 atom stereocenters. The summed E-state index contributed by atoms with van der Waals surface area (Å²) in [5.41, 5.74) is 2.73. The van der Waals surface area contributed by atoms with E-state index in [1.165, 1.54) is 12.7 Å². The zero-order valence-corrected chi connectivity index (χ0v) is 13.9. The number of anilines is 1. The molecule has 0 spiro atoms. The lowest BCUT2D eigenvalue weighted by Crippen LogP contribution is -2.39. The summed E-state index contributed by atoms with van der Waals surface area (Å²) in [6.07, 6.45) is 4.66. The van der Waals surface area contributed by atoms with E-state index in [1.54, 1.807) is 0 Å². The van der Waals surface area contributed by atoms with E-state index < -0.39 is 9.84 Å². The van der Waals surface area contributed by atoms with Crippen LogP contribution in [0.15, 0.2) is 18.2 Å². The van der Waals surface area contributed by atoms with Gasteiger partial charge in [0.15, 0.2) is 9.84 Å². The van der Waals surface area contributed by atoms with Gasteiger partial charge in [-0.25, -0.2) is 8.42 Å². The predicted octanol–water partition coefficient (Wildman–Crippen LogP) is 2.91. The number of nitrogens with one attached hydrogen (secondary N) is 1. The molecule has 1 aliphatic rings. The molecule has 0 amide bonds. The Kier molecular flexibility index (Phi) is 4.94. The van der Waals surface area contributed by atoms with Gasteiger partial charge in [-0.1, -0.05) is 12.1 Å². The van der Waals surface area contributed by atoms with Crippen molar-refractivity contribution < 1.29 is 13.2 Å². The predicted molar refractivity (Wildman–Crippen MR) is 86.4 cm³/mol. The van der Waals surface area contributed by atoms with Crippen LogP contribution >= 0.6 is 0 Å². The van der Waals surface area contributed by atoms with E-state index in [0.717, 1.165) is 42.8 Å². The van der Waals surface area contributed by atoms with Gasteiger partial charge in [0.05, 0.1) is 11.4 Å². The van der Waals surface area contributed by atoms with Gasteiger partial charge in [-0.15, -0.1) is 0 Å². The Labute approximate surface area is 127 Å². The first kappa shape index (κ1) is 16.3. The molecule has 118 valence electrons. The molecule has 1 heterocycles. The van der Waals surface area contributed by atoms with Gasteiger partial charge in [-0.2, -0.15) is 0 Å². The molecule has 1 aliphatic heterocycles. The Morgan fingerprint density at radius 2 is 2.10 bits per heavy atom. The Balaban J connectivity index is 2.08. The SMILES string of the molecule is Cc1c(CS(C)(=O)=O)cccc1NCC1(C)CCCCO1. The highest BCUT2D eigenvalue weighted by Crippen LogP contribution is 2.26. The molecule has 1 unspecified atom stereocenters. The smallest absolute Gasteiger partial charge is 0.151 e. The van der Waals surface area contributed by atoms with E-state index in [0.29, 0.717) is 0 Å². The van der Waals surface area contributed by atoms with Gasteiger partial charge in [0.25, 0.3) is 0 Å². The van der Waals surface area contributed by atoms with Crippen LogP contribution in [0.4, 0.5) is 5.69 Å². The van der Waals surface area contributed by atoms with Crippen LogP contribution in [-0.2, 0) is 20.3 Å². The van der Waals surface area contributed by atoms with Crippen LogP contribution in [0.3, 0.4) is 0 Å². The van der Waals surface area contributed by atoms with Crippen molar-refractivity contribution in [3.05, 3.63) is 29.3 Å². The van der Waals surface area contributed by atoms with Gasteiger partial charge in [0.2, 0.25) is 0 Å². The third-order valence-electron chi connectivity index (χ3n) is 4.07. The Bertz CT molecular complexity index is 590. The maximum atomic E-state index is 11.5. The fraction of sp³-hybridized carbons (Fsp3) is 0.625. The van der Waals surface area contributed by atoms with E-state index in [4.69, 9.17) is 4.74 Å². The fourth-order valence-electron chi connectivity index (χ4n) is 2.73. The van der Waals surface area contributed by atoms with Crippen molar-refractivity contribution >= 4 is 15.5 Å². The molecule has 1 N–H and O–H groups in total. The number of hydrogen-bond donors (Lipinski definition) is 1. The molecule has 4 nitrogen and oxygen atoms in total. The Morgan fingerprint density at radius 3 is 2.71 bits per heavy atom. The van der Waals surface area contributed by atoms with Crippen molar-refractivity contribution in [3.8, 4) is 0 Å². The van der Waals surface area contributed by atoms with Gasteiger partial charge in [-0.05, 0) is 50.3 Å². The van der Waals surface area contributed by atoms with Crippen molar-refractivity contribution in [3.63, 3.8) is 0 Å². The number of benzene rings is 1. The molecule has 1 aromatic carbocycles. The van der Waals surface area contributed by atoms with Crippen LogP contribution in [0.5, 0.6) is 0 Å². The van der Waals surface area contributed by atoms with E-state index in [1.807, 2.05) is 25.1 Å². The van der Waals surface area contributed by atoms with Crippen LogP contribution in [0.1, 0.15) is 37.3 Å². The quantitative estimate of drug-likeness (QED) is 0.908. The maximum absolute atomic E-state index is 11.5. The minimum Gasteiger partial charge on any atom is -0.382 e. The minimum atomic E-state index is -3.02. The molecule has 2 rings (SSSR count). The van der Waals surface area contributed by atoms with Crippen LogP contribution in [0, 0.1) is 6.92 Å². The lowest BCUT2D eigenvalue weighted by Gasteiger charge is -2.34. The summed E-state index contributed by atoms with van der Waals surface area (Å²) in [6, 6.07) is 5.77. The van der Waals surface area contributed by atoms with Crippen molar-refractivity contribution in [2.45, 2.75) is 44.5 Å². The highest BCUT2D eigenvalue weighted by molar-refractivity contribution is 7.89. The summed E-state index contributed by atoms with van der Waals surface area (Å²) < 4.78 is 28.8. The molecular weight excluding hydrogens is 286 g/mol. The van der Waals surface area contributed by atoms with Gasteiger partial charge in [-0.3, -0.25) is 0 Å². The van der Waals surface area contributed by atoms with Gasteiger partial charge < -0.3 is 10.1 Å².